The number of Topliss-reactive ketones (excluding diaryl/α,β-unsaturated/α-hetero) is 1. The molecule has 0 N–H and O–H groups in total. The van der Waals surface area contributed by atoms with E-state index in [1.807, 2.05) is 44.2 Å². The van der Waals surface area contributed by atoms with Gasteiger partial charge in [-0.25, -0.2) is 4.79 Å². The minimum absolute atomic E-state index is 0.158. The molecule has 1 aliphatic rings. The highest BCUT2D eigenvalue weighted by atomic mass is 32.1. The summed E-state index contributed by atoms with van der Waals surface area (Å²) in [6.07, 6.45) is 5.68. The highest BCUT2D eigenvalue weighted by Gasteiger charge is 2.20. The second-order valence-electron chi connectivity index (χ2n) is 7.98. The molecular formula is C25H27NO3S. The van der Waals surface area contributed by atoms with Crippen LogP contribution in [-0.2, 0) is 24.1 Å². The second kappa shape index (κ2) is 9.00. The second-order valence-corrected chi connectivity index (χ2v) is 9.11. The van der Waals surface area contributed by atoms with Crippen LogP contribution in [0.3, 0.4) is 0 Å². The lowest BCUT2D eigenvalue weighted by Gasteiger charge is -2.10. The van der Waals surface area contributed by atoms with Crippen molar-refractivity contribution in [1.82, 2.24) is 4.57 Å². The maximum absolute atomic E-state index is 12.8. The molecule has 0 amide bonds. The maximum Gasteiger partial charge on any atom is 0.348 e. The zero-order valence-electron chi connectivity index (χ0n) is 17.6. The highest BCUT2D eigenvalue weighted by Crippen LogP contribution is 2.29. The number of esters is 1. The van der Waals surface area contributed by atoms with E-state index in [0.717, 1.165) is 24.2 Å². The fourth-order valence-corrected chi connectivity index (χ4v) is 5.29. The van der Waals surface area contributed by atoms with Gasteiger partial charge in [0.15, 0.2) is 6.61 Å². The van der Waals surface area contributed by atoms with Crippen LogP contribution in [0.25, 0.3) is 0 Å². The normalized spacial score (nSPS) is 13.5. The van der Waals surface area contributed by atoms with E-state index in [2.05, 4.69) is 16.7 Å². The van der Waals surface area contributed by atoms with Gasteiger partial charge < -0.3 is 9.30 Å². The first-order valence-electron chi connectivity index (χ1n) is 10.6. The van der Waals surface area contributed by atoms with Crippen molar-refractivity contribution in [2.75, 3.05) is 6.61 Å². The van der Waals surface area contributed by atoms with Gasteiger partial charge in [-0.05, 0) is 62.8 Å². The van der Waals surface area contributed by atoms with Crippen molar-refractivity contribution >= 4 is 23.1 Å². The molecule has 0 saturated carbocycles. The van der Waals surface area contributed by atoms with Gasteiger partial charge in [0.05, 0.1) is 0 Å². The standard InChI is InChI=1S/C25H27NO3S/c1-17-13-21(18(2)26(17)15-19-9-5-3-6-10-19)22(27)16-29-25(28)24-14-20-11-7-4-8-12-23(20)30-24/h3,5-6,9-10,13-14H,4,7-8,11-12,15-16H2,1-2H3. The third-order valence-corrected chi connectivity index (χ3v) is 7.06. The molecule has 0 atom stereocenters. The molecule has 156 valence electrons. The van der Waals surface area contributed by atoms with E-state index in [9.17, 15) is 9.59 Å². The van der Waals surface area contributed by atoms with E-state index in [-0.39, 0.29) is 18.4 Å². The molecule has 30 heavy (non-hydrogen) atoms. The summed E-state index contributed by atoms with van der Waals surface area (Å²) in [7, 11) is 0. The molecular weight excluding hydrogens is 394 g/mol. The van der Waals surface area contributed by atoms with Gasteiger partial charge in [0.1, 0.15) is 4.88 Å². The lowest BCUT2D eigenvalue weighted by atomic mass is 10.1. The van der Waals surface area contributed by atoms with Gasteiger partial charge in [0.25, 0.3) is 0 Å². The first kappa shape index (κ1) is 20.6. The Bertz CT molecular complexity index is 1040. The SMILES string of the molecule is Cc1cc(C(=O)COC(=O)c2cc3c(s2)CCCCC3)c(C)n1Cc1ccccc1. The molecule has 0 spiro atoms. The van der Waals surface area contributed by atoms with E-state index in [1.165, 1.54) is 46.6 Å². The summed E-state index contributed by atoms with van der Waals surface area (Å²) in [5, 5.41) is 0. The summed E-state index contributed by atoms with van der Waals surface area (Å²) in [5.41, 5.74) is 5.01. The minimum Gasteiger partial charge on any atom is -0.453 e. The maximum atomic E-state index is 12.8. The lowest BCUT2D eigenvalue weighted by molar-refractivity contribution is 0.0479. The van der Waals surface area contributed by atoms with E-state index in [0.29, 0.717) is 17.0 Å². The summed E-state index contributed by atoms with van der Waals surface area (Å²) in [6, 6.07) is 14.0. The summed E-state index contributed by atoms with van der Waals surface area (Å²) in [6.45, 7) is 4.43. The first-order chi connectivity index (χ1) is 14.5. The zero-order valence-corrected chi connectivity index (χ0v) is 18.4. The number of thiophene rings is 1. The molecule has 0 fully saturated rings. The lowest BCUT2D eigenvalue weighted by Crippen LogP contribution is -2.14. The van der Waals surface area contributed by atoms with Crippen molar-refractivity contribution < 1.29 is 14.3 Å². The Morgan fingerprint density at radius 1 is 1.03 bits per heavy atom. The summed E-state index contributed by atoms with van der Waals surface area (Å²) >= 11 is 1.53. The Hall–Kier alpha value is -2.66. The van der Waals surface area contributed by atoms with Crippen LogP contribution < -0.4 is 0 Å². The van der Waals surface area contributed by atoms with Gasteiger partial charge in [-0.3, -0.25) is 4.79 Å². The predicted octanol–water partition coefficient (Wildman–Crippen LogP) is 5.52. The number of carbonyl (C=O) groups is 2. The highest BCUT2D eigenvalue weighted by molar-refractivity contribution is 7.14. The molecule has 4 rings (SSSR count). The van der Waals surface area contributed by atoms with Crippen LogP contribution in [0, 0.1) is 13.8 Å². The molecule has 2 aromatic heterocycles. The van der Waals surface area contributed by atoms with Crippen molar-refractivity contribution in [1.29, 1.82) is 0 Å². The van der Waals surface area contributed by atoms with E-state index >= 15 is 0 Å². The Morgan fingerprint density at radius 3 is 2.60 bits per heavy atom. The zero-order chi connectivity index (χ0) is 21.1. The van der Waals surface area contributed by atoms with Gasteiger partial charge in [0.2, 0.25) is 5.78 Å². The van der Waals surface area contributed by atoms with Crippen molar-refractivity contribution in [2.24, 2.45) is 0 Å². The molecule has 2 heterocycles. The molecule has 0 aliphatic heterocycles. The number of hydrogen-bond donors (Lipinski definition) is 0. The molecule has 0 radical (unpaired) electrons. The number of aryl methyl sites for hydroxylation is 3. The number of carbonyl (C=O) groups excluding carboxylic acids is 2. The third-order valence-electron chi connectivity index (χ3n) is 5.84. The Kier molecular flexibility index (Phi) is 6.18. The Labute approximate surface area is 181 Å². The molecule has 0 saturated heterocycles. The average Bonchev–Trinajstić information content (AvgIpc) is 3.19. The van der Waals surface area contributed by atoms with Crippen LogP contribution in [0.1, 0.15) is 66.7 Å². The number of aromatic nitrogens is 1. The average molecular weight is 422 g/mol. The third kappa shape index (κ3) is 4.41. The number of benzene rings is 1. The van der Waals surface area contributed by atoms with Crippen LogP contribution >= 0.6 is 11.3 Å². The van der Waals surface area contributed by atoms with Gasteiger partial charge in [-0.15, -0.1) is 11.3 Å². The number of ketones is 1. The first-order valence-corrected chi connectivity index (χ1v) is 11.4. The molecule has 1 aliphatic carbocycles. The fourth-order valence-electron chi connectivity index (χ4n) is 4.14. The van der Waals surface area contributed by atoms with Gasteiger partial charge in [-0.1, -0.05) is 36.8 Å². The number of ether oxygens (including phenoxy) is 1. The van der Waals surface area contributed by atoms with Crippen LogP contribution in [-0.4, -0.2) is 22.9 Å². The van der Waals surface area contributed by atoms with Crippen molar-refractivity contribution in [3.63, 3.8) is 0 Å². The molecule has 3 aromatic rings. The predicted molar refractivity (Wildman–Crippen MR) is 120 cm³/mol. The monoisotopic (exact) mass is 421 g/mol. The number of hydrogen-bond acceptors (Lipinski definition) is 4. The van der Waals surface area contributed by atoms with Gasteiger partial charge in [0, 0.05) is 28.4 Å². The van der Waals surface area contributed by atoms with Crippen LogP contribution in [0.2, 0.25) is 0 Å². The topological polar surface area (TPSA) is 48.3 Å². The Balaban J connectivity index is 1.42. The van der Waals surface area contributed by atoms with E-state index in [1.54, 1.807) is 0 Å². The number of nitrogens with zero attached hydrogens (tertiary/aromatic N) is 1. The van der Waals surface area contributed by atoms with Gasteiger partial charge in [-0.2, -0.15) is 0 Å². The Morgan fingerprint density at radius 2 is 1.80 bits per heavy atom. The van der Waals surface area contributed by atoms with Crippen molar-refractivity contribution in [2.45, 2.75) is 52.5 Å². The summed E-state index contributed by atoms with van der Waals surface area (Å²) < 4.78 is 7.51. The smallest absolute Gasteiger partial charge is 0.348 e. The number of fused-ring (bicyclic) bond motifs is 1. The van der Waals surface area contributed by atoms with Crippen molar-refractivity contribution in [3.05, 3.63) is 80.3 Å². The molecule has 5 heteroatoms. The van der Waals surface area contributed by atoms with Crippen LogP contribution in [0.4, 0.5) is 0 Å². The van der Waals surface area contributed by atoms with E-state index < -0.39 is 0 Å². The molecule has 4 nitrogen and oxygen atoms in total. The number of rotatable bonds is 6. The fraction of sp³-hybridized carbons (Fsp3) is 0.360. The quantitative estimate of drug-likeness (QED) is 0.299. The van der Waals surface area contributed by atoms with Crippen LogP contribution in [0.5, 0.6) is 0 Å². The molecule has 0 unspecified atom stereocenters. The minimum atomic E-state index is -0.389. The summed E-state index contributed by atoms with van der Waals surface area (Å²) in [5.74, 6) is -0.548. The largest absolute Gasteiger partial charge is 0.453 e. The van der Waals surface area contributed by atoms with Crippen molar-refractivity contribution in [3.8, 4) is 0 Å². The van der Waals surface area contributed by atoms with Gasteiger partial charge >= 0.3 is 5.97 Å². The summed E-state index contributed by atoms with van der Waals surface area (Å²) in [4.78, 5) is 27.2. The van der Waals surface area contributed by atoms with E-state index in [4.69, 9.17) is 4.74 Å². The van der Waals surface area contributed by atoms with Crippen LogP contribution in [0.15, 0.2) is 42.5 Å². The molecule has 0 bridgehead atoms. The molecule has 1 aromatic carbocycles.